The molecule has 0 amide bonds. The Bertz CT molecular complexity index is 664. The maximum absolute atomic E-state index is 12.4. The van der Waals surface area contributed by atoms with Gasteiger partial charge in [-0.25, -0.2) is 4.79 Å². The van der Waals surface area contributed by atoms with Crippen molar-refractivity contribution in [2.75, 3.05) is 7.05 Å². The number of benzene rings is 1. The number of hydrogen-bond acceptors (Lipinski definition) is 3. The van der Waals surface area contributed by atoms with Crippen molar-refractivity contribution in [2.24, 2.45) is 0 Å². The lowest BCUT2D eigenvalue weighted by Crippen LogP contribution is -2.43. The van der Waals surface area contributed by atoms with Crippen LogP contribution in [0.4, 0.5) is 0 Å². The van der Waals surface area contributed by atoms with Crippen LogP contribution in [0.15, 0.2) is 30.5 Å². The molecule has 0 aliphatic carbocycles. The van der Waals surface area contributed by atoms with Crippen LogP contribution in [0.25, 0.3) is 10.9 Å². The van der Waals surface area contributed by atoms with Crippen LogP contribution in [0, 0.1) is 0 Å². The normalized spacial score (nSPS) is 28.9. The van der Waals surface area contributed by atoms with E-state index in [1.807, 2.05) is 24.3 Å². The predicted molar refractivity (Wildman–Crippen MR) is 81.3 cm³/mol. The van der Waals surface area contributed by atoms with E-state index in [2.05, 4.69) is 16.9 Å². The van der Waals surface area contributed by atoms with E-state index < -0.39 is 0 Å². The summed E-state index contributed by atoms with van der Waals surface area (Å²) in [6.07, 6.45) is 6.25. The van der Waals surface area contributed by atoms with E-state index in [1.165, 1.54) is 12.8 Å². The van der Waals surface area contributed by atoms with Crippen molar-refractivity contribution in [2.45, 2.75) is 43.9 Å². The molecule has 2 aliphatic heterocycles. The van der Waals surface area contributed by atoms with Crippen molar-refractivity contribution in [1.82, 2.24) is 9.88 Å². The largest absolute Gasteiger partial charge is 0.459 e. The molecule has 2 saturated heterocycles. The van der Waals surface area contributed by atoms with Gasteiger partial charge in [0, 0.05) is 42.0 Å². The molecule has 3 atom stereocenters. The van der Waals surface area contributed by atoms with Gasteiger partial charge < -0.3 is 14.6 Å². The van der Waals surface area contributed by atoms with Crippen LogP contribution >= 0.6 is 0 Å². The first-order valence-electron chi connectivity index (χ1n) is 7.71. The number of piperidine rings is 1. The molecule has 1 N–H and O–H groups in total. The third-order valence-corrected chi connectivity index (χ3v) is 5.14. The highest BCUT2D eigenvalue weighted by molar-refractivity contribution is 6.04. The smallest absolute Gasteiger partial charge is 0.340 e. The summed E-state index contributed by atoms with van der Waals surface area (Å²) in [5, 5.41) is 0.943. The van der Waals surface area contributed by atoms with Gasteiger partial charge >= 0.3 is 5.97 Å². The summed E-state index contributed by atoms with van der Waals surface area (Å²) in [5.41, 5.74) is 1.63. The van der Waals surface area contributed by atoms with Crippen LogP contribution in [0.1, 0.15) is 36.0 Å². The second-order valence-corrected chi connectivity index (χ2v) is 6.30. The summed E-state index contributed by atoms with van der Waals surface area (Å²) in [5.74, 6) is -0.193. The molecular weight excluding hydrogens is 264 g/mol. The zero-order valence-corrected chi connectivity index (χ0v) is 12.2. The topological polar surface area (TPSA) is 45.3 Å². The van der Waals surface area contributed by atoms with Gasteiger partial charge in [-0.1, -0.05) is 18.2 Å². The van der Waals surface area contributed by atoms with Crippen molar-refractivity contribution in [3.05, 3.63) is 36.0 Å². The third kappa shape index (κ3) is 2.14. The zero-order chi connectivity index (χ0) is 14.4. The monoisotopic (exact) mass is 284 g/mol. The fourth-order valence-electron chi connectivity index (χ4n) is 3.91. The van der Waals surface area contributed by atoms with Gasteiger partial charge in [0.15, 0.2) is 0 Å². The van der Waals surface area contributed by atoms with Crippen LogP contribution in [0.2, 0.25) is 0 Å². The summed E-state index contributed by atoms with van der Waals surface area (Å²) >= 11 is 0. The molecule has 2 fully saturated rings. The van der Waals surface area contributed by atoms with Crippen molar-refractivity contribution in [1.29, 1.82) is 0 Å². The van der Waals surface area contributed by atoms with Gasteiger partial charge in [0.25, 0.3) is 0 Å². The minimum absolute atomic E-state index is 0.0693. The summed E-state index contributed by atoms with van der Waals surface area (Å²) in [6, 6.07) is 9.02. The van der Waals surface area contributed by atoms with E-state index in [-0.39, 0.29) is 12.1 Å². The van der Waals surface area contributed by atoms with Gasteiger partial charge in [-0.2, -0.15) is 0 Å². The molecule has 21 heavy (non-hydrogen) atoms. The molecule has 1 aromatic carbocycles. The summed E-state index contributed by atoms with van der Waals surface area (Å²) in [7, 11) is 2.19. The van der Waals surface area contributed by atoms with E-state index in [1.54, 1.807) is 6.20 Å². The van der Waals surface area contributed by atoms with E-state index in [9.17, 15) is 4.79 Å². The van der Waals surface area contributed by atoms with E-state index in [4.69, 9.17) is 4.74 Å². The molecule has 4 rings (SSSR count). The number of carbonyl (C=O) groups excluding carboxylic acids is 1. The molecule has 0 radical (unpaired) electrons. The molecule has 0 saturated carbocycles. The van der Waals surface area contributed by atoms with Crippen LogP contribution in [0.5, 0.6) is 0 Å². The number of aromatic amines is 1. The lowest BCUT2D eigenvalue weighted by molar-refractivity contribution is -0.000258. The third-order valence-electron chi connectivity index (χ3n) is 5.14. The Hall–Kier alpha value is -1.81. The Morgan fingerprint density at radius 3 is 2.71 bits per heavy atom. The Morgan fingerprint density at radius 2 is 1.95 bits per heavy atom. The van der Waals surface area contributed by atoms with Gasteiger partial charge in [0.05, 0.1) is 5.56 Å². The van der Waals surface area contributed by atoms with Gasteiger partial charge in [-0.15, -0.1) is 0 Å². The molecular formula is C17H20N2O2. The van der Waals surface area contributed by atoms with Gasteiger partial charge in [-0.05, 0) is 26.0 Å². The molecule has 110 valence electrons. The fraction of sp³-hybridized carbons (Fsp3) is 0.471. The SMILES string of the molecule is CN1[C@@H]2CC[C@H]1C[C@H](OC(=O)c1c[nH]c3ccccc13)C2. The molecule has 3 heterocycles. The number of H-pyrrole nitrogens is 1. The molecule has 2 bridgehead atoms. The molecule has 4 nitrogen and oxygen atoms in total. The minimum atomic E-state index is -0.193. The van der Waals surface area contributed by atoms with Crippen molar-refractivity contribution in [3.63, 3.8) is 0 Å². The average molecular weight is 284 g/mol. The van der Waals surface area contributed by atoms with Gasteiger partial charge in [0.1, 0.15) is 6.10 Å². The predicted octanol–water partition coefficient (Wildman–Crippen LogP) is 2.95. The number of esters is 1. The zero-order valence-electron chi connectivity index (χ0n) is 12.2. The highest BCUT2D eigenvalue weighted by Gasteiger charge is 2.40. The first-order chi connectivity index (χ1) is 10.2. The maximum atomic E-state index is 12.4. The minimum Gasteiger partial charge on any atom is -0.459 e. The number of rotatable bonds is 2. The Balaban J connectivity index is 1.51. The first-order valence-corrected chi connectivity index (χ1v) is 7.71. The molecule has 2 aromatic rings. The number of fused-ring (bicyclic) bond motifs is 3. The van der Waals surface area contributed by atoms with Crippen LogP contribution in [0.3, 0.4) is 0 Å². The van der Waals surface area contributed by atoms with Gasteiger partial charge in [-0.3, -0.25) is 0 Å². The fourth-order valence-corrected chi connectivity index (χ4v) is 3.91. The Kier molecular flexibility index (Phi) is 3.00. The quantitative estimate of drug-likeness (QED) is 0.862. The van der Waals surface area contributed by atoms with E-state index >= 15 is 0 Å². The molecule has 2 aliphatic rings. The summed E-state index contributed by atoms with van der Waals surface area (Å²) in [6.45, 7) is 0. The van der Waals surface area contributed by atoms with Gasteiger partial charge in [0.2, 0.25) is 0 Å². The number of aromatic nitrogens is 1. The number of para-hydroxylation sites is 1. The second kappa shape index (κ2) is 4.88. The van der Waals surface area contributed by atoms with E-state index in [0.717, 1.165) is 23.7 Å². The highest BCUT2D eigenvalue weighted by Crippen LogP contribution is 2.35. The lowest BCUT2D eigenvalue weighted by Gasteiger charge is -2.35. The van der Waals surface area contributed by atoms with Crippen molar-refractivity contribution >= 4 is 16.9 Å². The highest BCUT2D eigenvalue weighted by atomic mass is 16.5. The summed E-state index contributed by atoms with van der Waals surface area (Å²) in [4.78, 5) is 18.0. The maximum Gasteiger partial charge on any atom is 0.340 e. The molecule has 1 aromatic heterocycles. The van der Waals surface area contributed by atoms with E-state index in [0.29, 0.717) is 17.6 Å². The van der Waals surface area contributed by atoms with Crippen molar-refractivity contribution in [3.8, 4) is 0 Å². The first kappa shape index (κ1) is 12.9. The number of carbonyl (C=O) groups is 1. The molecule has 0 unspecified atom stereocenters. The Morgan fingerprint density at radius 1 is 1.24 bits per heavy atom. The lowest BCUT2D eigenvalue weighted by atomic mass is 10.0. The van der Waals surface area contributed by atoms with Crippen LogP contribution in [-0.2, 0) is 4.74 Å². The van der Waals surface area contributed by atoms with Crippen molar-refractivity contribution < 1.29 is 9.53 Å². The van der Waals surface area contributed by atoms with Crippen LogP contribution < -0.4 is 0 Å². The number of nitrogens with one attached hydrogen (secondary N) is 1. The molecule has 4 heteroatoms. The van der Waals surface area contributed by atoms with Crippen LogP contribution in [-0.4, -0.2) is 41.1 Å². The number of nitrogens with zero attached hydrogens (tertiary/aromatic N) is 1. The molecule has 0 spiro atoms. The Labute approximate surface area is 124 Å². The second-order valence-electron chi connectivity index (χ2n) is 6.30. The standard InChI is InChI=1S/C17H20N2O2/c1-19-11-6-7-12(19)9-13(8-11)21-17(20)15-10-18-16-5-3-2-4-14(15)16/h2-5,10-13,18H,6-9H2,1H3/t11-,12+,13-. The number of hydrogen-bond donors (Lipinski definition) is 1. The summed E-state index contributed by atoms with van der Waals surface area (Å²) < 4.78 is 5.79. The average Bonchev–Trinajstić information content (AvgIpc) is 2.98. The number of ether oxygens (including phenoxy) is 1.